The maximum Gasteiger partial charge on any atom is 0.179 e. The Labute approximate surface area is 89.9 Å². The van der Waals surface area contributed by atoms with E-state index < -0.39 is 6.10 Å². The van der Waals surface area contributed by atoms with Crippen molar-refractivity contribution < 1.29 is 5.11 Å². The minimum absolute atomic E-state index is 0.211. The van der Waals surface area contributed by atoms with Gasteiger partial charge < -0.3 is 10.1 Å². The first-order valence-electron chi connectivity index (χ1n) is 3.97. The smallest absolute Gasteiger partial charge is 0.179 e. The number of imidazole rings is 1. The van der Waals surface area contributed by atoms with E-state index in [-0.39, 0.29) is 5.15 Å². The van der Waals surface area contributed by atoms with Crippen LogP contribution in [0.5, 0.6) is 0 Å². The Hall–Kier alpha value is -0.840. The first-order chi connectivity index (χ1) is 6.58. The summed E-state index contributed by atoms with van der Waals surface area (Å²) in [4.78, 5) is 10.9. The normalized spacial score (nSPS) is 13.4. The van der Waals surface area contributed by atoms with Crippen LogP contribution in [0.4, 0.5) is 0 Å². The molecule has 0 unspecified atom stereocenters. The quantitative estimate of drug-likeness (QED) is 0.741. The van der Waals surface area contributed by atoms with Gasteiger partial charge in [0.2, 0.25) is 0 Å². The molecule has 0 aliphatic rings. The number of nitrogens with zero attached hydrogens (tertiary/aromatic N) is 2. The number of rotatable bonds is 1. The van der Waals surface area contributed by atoms with Gasteiger partial charge in [0, 0.05) is 0 Å². The molecular formula is C8H7Cl2N3O. The lowest BCUT2D eigenvalue weighted by Gasteiger charge is -1.94. The van der Waals surface area contributed by atoms with Crippen LogP contribution in [-0.4, -0.2) is 20.1 Å². The number of fused-ring (bicyclic) bond motifs is 1. The molecule has 2 aromatic heterocycles. The van der Waals surface area contributed by atoms with E-state index in [0.717, 1.165) is 0 Å². The van der Waals surface area contributed by atoms with Crippen molar-refractivity contribution in [1.29, 1.82) is 0 Å². The highest BCUT2D eigenvalue weighted by molar-refractivity contribution is 6.41. The average molecular weight is 232 g/mol. The summed E-state index contributed by atoms with van der Waals surface area (Å²) in [6.45, 7) is 1.61. The summed E-state index contributed by atoms with van der Waals surface area (Å²) >= 11 is 11.5. The van der Waals surface area contributed by atoms with Gasteiger partial charge >= 0.3 is 0 Å². The highest BCUT2D eigenvalue weighted by atomic mass is 35.5. The monoisotopic (exact) mass is 231 g/mol. The van der Waals surface area contributed by atoms with Gasteiger partial charge in [-0.1, -0.05) is 23.2 Å². The SMILES string of the molecule is C[C@H](O)c1nc2nc(Cl)c(Cl)cc2[nH]1. The highest BCUT2D eigenvalue weighted by Crippen LogP contribution is 2.24. The molecule has 4 nitrogen and oxygen atoms in total. The summed E-state index contributed by atoms with van der Waals surface area (Å²) in [5, 5.41) is 9.85. The second-order valence-corrected chi connectivity index (χ2v) is 3.70. The number of aromatic amines is 1. The fourth-order valence-corrected chi connectivity index (χ4v) is 1.40. The Kier molecular flexibility index (Phi) is 2.34. The van der Waals surface area contributed by atoms with Crippen LogP contribution in [0.15, 0.2) is 6.07 Å². The molecule has 0 saturated heterocycles. The van der Waals surface area contributed by atoms with Crippen LogP contribution < -0.4 is 0 Å². The van der Waals surface area contributed by atoms with Crippen LogP contribution >= 0.6 is 23.2 Å². The van der Waals surface area contributed by atoms with Crippen molar-refractivity contribution in [3.8, 4) is 0 Å². The van der Waals surface area contributed by atoms with E-state index in [1.165, 1.54) is 0 Å². The van der Waals surface area contributed by atoms with Gasteiger partial charge in [0.1, 0.15) is 17.1 Å². The molecule has 0 aliphatic carbocycles. The van der Waals surface area contributed by atoms with Crippen molar-refractivity contribution in [3.05, 3.63) is 22.1 Å². The van der Waals surface area contributed by atoms with E-state index >= 15 is 0 Å². The molecule has 0 radical (unpaired) electrons. The zero-order chi connectivity index (χ0) is 10.3. The zero-order valence-corrected chi connectivity index (χ0v) is 8.76. The second-order valence-electron chi connectivity index (χ2n) is 2.93. The molecule has 2 heterocycles. The molecule has 0 aromatic carbocycles. The van der Waals surface area contributed by atoms with E-state index in [0.29, 0.717) is 22.0 Å². The van der Waals surface area contributed by atoms with Crippen molar-refractivity contribution in [2.75, 3.05) is 0 Å². The van der Waals surface area contributed by atoms with Gasteiger partial charge in [0.05, 0.1) is 10.5 Å². The summed E-state index contributed by atoms with van der Waals surface area (Å²) < 4.78 is 0. The number of aromatic nitrogens is 3. The molecule has 1 atom stereocenters. The molecule has 0 fully saturated rings. The van der Waals surface area contributed by atoms with Crippen molar-refractivity contribution in [2.24, 2.45) is 0 Å². The van der Waals surface area contributed by atoms with Crippen LogP contribution in [0.25, 0.3) is 11.2 Å². The first-order valence-corrected chi connectivity index (χ1v) is 4.73. The molecule has 0 spiro atoms. The van der Waals surface area contributed by atoms with Gasteiger partial charge in [-0.05, 0) is 13.0 Å². The largest absolute Gasteiger partial charge is 0.385 e. The molecule has 2 N–H and O–H groups in total. The predicted molar refractivity (Wildman–Crippen MR) is 54.5 cm³/mol. The number of hydrogen-bond acceptors (Lipinski definition) is 3. The number of pyridine rings is 1. The van der Waals surface area contributed by atoms with Crippen molar-refractivity contribution in [3.63, 3.8) is 0 Å². The van der Waals surface area contributed by atoms with Crippen molar-refractivity contribution >= 4 is 34.4 Å². The molecule has 2 aromatic rings. The molecule has 74 valence electrons. The average Bonchev–Trinajstić information content (AvgIpc) is 2.48. The molecule has 0 bridgehead atoms. The summed E-state index contributed by atoms with van der Waals surface area (Å²) in [6, 6.07) is 1.63. The van der Waals surface area contributed by atoms with Crippen molar-refractivity contribution in [2.45, 2.75) is 13.0 Å². The van der Waals surface area contributed by atoms with Crippen LogP contribution in [-0.2, 0) is 0 Å². The Morgan fingerprint density at radius 2 is 2.14 bits per heavy atom. The number of aliphatic hydroxyl groups excluding tert-OH is 1. The van der Waals surface area contributed by atoms with E-state index in [9.17, 15) is 5.11 Å². The Morgan fingerprint density at radius 3 is 2.79 bits per heavy atom. The highest BCUT2D eigenvalue weighted by Gasteiger charge is 2.10. The fourth-order valence-electron chi connectivity index (χ4n) is 1.11. The van der Waals surface area contributed by atoms with Crippen LogP contribution in [0, 0.1) is 0 Å². The zero-order valence-electron chi connectivity index (χ0n) is 7.25. The maximum absolute atomic E-state index is 9.28. The van der Waals surface area contributed by atoms with Gasteiger partial charge in [-0.2, -0.15) is 0 Å². The molecule has 0 saturated carbocycles. The Balaban J connectivity index is 2.66. The Bertz CT molecular complexity index is 442. The lowest BCUT2D eigenvalue weighted by Crippen LogP contribution is -1.92. The molecule has 2 rings (SSSR count). The summed E-state index contributed by atoms with van der Waals surface area (Å²) in [5.74, 6) is 0.450. The molecule has 14 heavy (non-hydrogen) atoms. The van der Waals surface area contributed by atoms with E-state index in [1.54, 1.807) is 13.0 Å². The first kappa shape index (κ1) is 9.71. The third kappa shape index (κ3) is 1.56. The lowest BCUT2D eigenvalue weighted by atomic mass is 10.4. The van der Waals surface area contributed by atoms with Gasteiger partial charge in [0.15, 0.2) is 5.65 Å². The molecule has 6 heteroatoms. The predicted octanol–water partition coefficient (Wildman–Crippen LogP) is 2.32. The summed E-state index contributed by atoms with van der Waals surface area (Å²) in [6.07, 6.45) is -0.665. The minimum Gasteiger partial charge on any atom is -0.385 e. The number of halogens is 2. The number of hydrogen-bond donors (Lipinski definition) is 2. The van der Waals surface area contributed by atoms with Crippen LogP contribution in [0.3, 0.4) is 0 Å². The summed E-state index contributed by atoms with van der Waals surface area (Å²) in [7, 11) is 0. The number of aliphatic hydroxyl groups is 1. The van der Waals surface area contributed by atoms with E-state index in [1.807, 2.05) is 0 Å². The van der Waals surface area contributed by atoms with Gasteiger partial charge in [-0.15, -0.1) is 0 Å². The fraction of sp³-hybridized carbons (Fsp3) is 0.250. The standard InChI is InChI=1S/C8H7Cl2N3O/c1-3(14)7-11-5-2-4(9)6(10)12-8(5)13-7/h2-3,14H,1H3,(H,11,12,13)/t3-/m0/s1. The molecular weight excluding hydrogens is 225 g/mol. The summed E-state index contributed by atoms with van der Waals surface area (Å²) in [5.41, 5.74) is 1.12. The Morgan fingerprint density at radius 1 is 1.43 bits per heavy atom. The number of nitrogens with one attached hydrogen (secondary N) is 1. The second kappa shape index (κ2) is 3.38. The molecule has 0 aliphatic heterocycles. The van der Waals surface area contributed by atoms with Gasteiger partial charge in [-0.25, -0.2) is 9.97 Å². The van der Waals surface area contributed by atoms with Crippen LogP contribution in [0.2, 0.25) is 10.2 Å². The van der Waals surface area contributed by atoms with E-state index in [4.69, 9.17) is 23.2 Å². The van der Waals surface area contributed by atoms with E-state index in [2.05, 4.69) is 15.0 Å². The maximum atomic E-state index is 9.28. The lowest BCUT2D eigenvalue weighted by molar-refractivity contribution is 0.190. The van der Waals surface area contributed by atoms with Crippen LogP contribution in [0.1, 0.15) is 18.9 Å². The van der Waals surface area contributed by atoms with Crippen molar-refractivity contribution in [1.82, 2.24) is 15.0 Å². The molecule has 0 amide bonds. The topological polar surface area (TPSA) is 61.8 Å². The third-order valence-electron chi connectivity index (χ3n) is 1.80. The third-order valence-corrected chi connectivity index (χ3v) is 2.47. The van der Waals surface area contributed by atoms with Gasteiger partial charge in [0.25, 0.3) is 0 Å². The minimum atomic E-state index is -0.665. The van der Waals surface area contributed by atoms with Gasteiger partial charge in [-0.3, -0.25) is 0 Å². The number of H-pyrrole nitrogens is 1.